The maximum atomic E-state index is 12.1. The lowest BCUT2D eigenvalue weighted by molar-refractivity contribution is 0.299. The second kappa shape index (κ2) is 9.21. The van der Waals surface area contributed by atoms with Crippen LogP contribution in [0, 0.1) is 6.92 Å². The molecule has 0 aliphatic heterocycles. The number of anilines is 1. The highest BCUT2D eigenvalue weighted by atomic mass is 16.5. The summed E-state index contributed by atoms with van der Waals surface area (Å²) in [6.07, 6.45) is 5.65. The van der Waals surface area contributed by atoms with Gasteiger partial charge in [0.25, 0.3) is 0 Å². The van der Waals surface area contributed by atoms with Crippen LogP contribution in [-0.2, 0) is 6.54 Å². The largest absolute Gasteiger partial charge is 0.497 e. The van der Waals surface area contributed by atoms with E-state index in [2.05, 4.69) is 22.2 Å². The molecule has 3 rings (SSSR count). The van der Waals surface area contributed by atoms with Gasteiger partial charge >= 0.3 is 0 Å². The van der Waals surface area contributed by atoms with Gasteiger partial charge in [-0.05, 0) is 25.5 Å². The van der Waals surface area contributed by atoms with Crippen molar-refractivity contribution in [3.05, 3.63) is 52.7 Å². The zero-order chi connectivity index (χ0) is 19.9. The number of unbranched alkanes of at least 4 members (excludes halogenated alkanes) is 1. The van der Waals surface area contributed by atoms with E-state index >= 15 is 0 Å². The van der Waals surface area contributed by atoms with E-state index in [1.165, 1.54) is 0 Å². The molecule has 0 bridgehead atoms. The lowest BCUT2D eigenvalue weighted by Crippen LogP contribution is -2.14. The van der Waals surface area contributed by atoms with Crippen molar-refractivity contribution in [3.63, 3.8) is 0 Å². The van der Waals surface area contributed by atoms with Gasteiger partial charge in [0.15, 0.2) is 17.0 Å². The van der Waals surface area contributed by atoms with Crippen LogP contribution in [0.15, 0.2) is 41.5 Å². The van der Waals surface area contributed by atoms with E-state index < -0.39 is 0 Å². The van der Waals surface area contributed by atoms with Gasteiger partial charge in [0.1, 0.15) is 18.2 Å². The van der Waals surface area contributed by atoms with E-state index in [9.17, 15) is 4.79 Å². The van der Waals surface area contributed by atoms with Gasteiger partial charge in [0.05, 0.1) is 25.4 Å². The third-order valence-electron chi connectivity index (χ3n) is 4.47. The number of nitrogens with one attached hydrogen (secondary N) is 1. The predicted molar refractivity (Wildman–Crippen MR) is 110 cm³/mol. The molecule has 2 heterocycles. The van der Waals surface area contributed by atoms with E-state index in [0.29, 0.717) is 41.7 Å². The van der Waals surface area contributed by atoms with Crippen LogP contribution in [0.5, 0.6) is 11.5 Å². The number of benzene rings is 1. The molecule has 0 saturated carbocycles. The SMILES string of the molecule is CCCCNc1nc(C)ncc1OCCn1ccc(=O)c2ccc(OC)cc21. The first-order valence-electron chi connectivity index (χ1n) is 9.50. The molecular formula is C21H26N4O3. The van der Waals surface area contributed by atoms with Crippen molar-refractivity contribution in [2.75, 3.05) is 25.6 Å². The number of fused-ring (bicyclic) bond motifs is 1. The molecule has 0 fully saturated rings. The molecule has 148 valence electrons. The van der Waals surface area contributed by atoms with Gasteiger partial charge in [-0.15, -0.1) is 0 Å². The number of methoxy groups -OCH3 is 1. The molecule has 1 aromatic carbocycles. The van der Waals surface area contributed by atoms with Crippen LogP contribution in [0.4, 0.5) is 5.82 Å². The van der Waals surface area contributed by atoms with Gasteiger partial charge in [-0.2, -0.15) is 0 Å². The fourth-order valence-corrected chi connectivity index (χ4v) is 2.94. The Morgan fingerprint density at radius 2 is 2.11 bits per heavy atom. The van der Waals surface area contributed by atoms with Crippen molar-refractivity contribution < 1.29 is 9.47 Å². The van der Waals surface area contributed by atoms with Crippen LogP contribution < -0.4 is 20.2 Å². The third-order valence-corrected chi connectivity index (χ3v) is 4.47. The lowest BCUT2D eigenvalue weighted by atomic mass is 10.2. The fourth-order valence-electron chi connectivity index (χ4n) is 2.94. The van der Waals surface area contributed by atoms with Crippen molar-refractivity contribution in [3.8, 4) is 11.5 Å². The Bertz CT molecular complexity index is 1000. The molecule has 0 spiro atoms. The van der Waals surface area contributed by atoms with Gasteiger partial charge in [-0.25, -0.2) is 9.97 Å². The Morgan fingerprint density at radius 3 is 2.89 bits per heavy atom. The smallest absolute Gasteiger partial charge is 0.189 e. The summed E-state index contributed by atoms with van der Waals surface area (Å²) in [6, 6.07) is 7.02. The van der Waals surface area contributed by atoms with Crippen LogP contribution in [0.2, 0.25) is 0 Å². The van der Waals surface area contributed by atoms with Gasteiger partial charge in [0, 0.05) is 30.3 Å². The molecule has 0 aliphatic carbocycles. The van der Waals surface area contributed by atoms with Crippen LogP contribution in [0.3, 0.4) is 0 Å². The molecule has 7 nitrogen and oxygen atoms in total. The van der Waals surface area contributed by atoms with E-state index in [-0.39, 0.29) is 5.43 Å². The first-order valence-corrected chi connectivity index (χ1v) is 9.50. The number of ether oxygens (including phenoxy) is 2. The Kier molecular flexibility index (Phi) is 6.47. The first-order chi connectivity index (χ1) is 13.6. The minimum Gasteiger partial charge on any atom is -0.497 e. The zero-order valence-corrected chi connectivity index (χ0v) is 16.6. The van der Waals surface area contributed by atoms with Crippen LogP contribution in [0.25, 0.3) is 10.9 Å². The molecule has 28 heavy (non-hydrogen) atoms. The first kappa shape index (κ1) is 19.7. The van der Waals surface area contributed by atoms with Gasteiger partial charge < -0.3 is 19.4 Å². The number of hydrogen-bond donors (Lipinski definition) is 1. The van der Waals surface area contributed by atoms with Crippen molar-refractivity contribution in [1.29, 1.82) is 0 Å². The summed E-state index contributed by atoms with van der Waals surface area (Å²) in [5.41, 5.74) is 0.807. The minimum atomic E-state index is -0.0100. The summed E-state index contributed by atoms with van der Waals surface area (Å²) >= 11 is 0. The third kappa shape index (κ3) is 4.60. The van der Waals surface area contributed by atoms with E-state index in [4.69, 9.17) is 9.47 Å². The topological polar surface area (TPSA) is 78.3 Å². The molecule has 0 atom stereocenters. The van der Waals surface area contributed by atoms with E-state index in [1.807, 2.05) is 17.6 Å². The Balaban J connectivity index is 1.75. The van der Waals surface area contributed by atoms with Crippen molar-refractivity contribution >= 4 is 16.7 Å². The molecule has 1 N–H and O–H groups in total. The lowest BCUT2D eigenvalue weighted by Gasteiger charge is -2.15. The maximum Gasteiger partial charge on any atom is 0.189 e. The zero-order valence-electron chi connectivity index (χ0n) is 16.6. The molecule has 0 amide bonds. The van der Waals surface area contributed by atoms with Crippen molar-refractivity contribution in [2.45, 2.75) is 33.2 Å². The average Bonchev–Trinajstić information content (AvgIpc) is 2.71. The number of pyridine rings is 1. The van der Waals surface area contributed by atoms with Gasteiger partial charge in [0.2, 0.25) is 0 Å². The van der Waals surface area contributed by atoms with Crippen molar-refractivity contribution in [2.24, 2.45) is 0 Å². The van der Waals surface area contributed by atoms with Crippen molar-refractivity contribution in [1.82, 2.24) is 14.5 Å². The van der Waals surface area contributed by atoms with Crippen LogP contribution >= 0.6 is 0 Å². The molecule has 2 aromatic heterocycles. The standard InChI is InChI=1S/C21H26N4O3/c1-4-5-9-22-21-20(14-23-15(2)24-21)28-12-11-25-10-8-19(26)17-7-6-16(27-3)13-18(17)25/h6-8,10,13-14H,4-5,9,11-12H2,1-3H3,(H,22,23,24). The quantitative estimate of drug-likeness (QED) is 0.572. The minimum absolute atomic E-state index is 0.0100. The molecule has 0 radical (unpaired) electrons. The molecule has 0 aliphatic rings. The summed E-state index contributed by atoms with van der Waals surface area (Å²) < 4.78 is 13.2. The highest BCUT2D eigenvalue weighted by Crippen LogP contribution is 2.22. The van der Waals surface area contributed by atoms with Crippen LogP contribution in [0.1, 0.15) is 25.6 Å². The second-order valence-corrected chi connectivity index (χ2v) is 6.52. The normalized spacial score (nSPS) is 10.8. The fraction of sp³-hybridized carbons (Fsp3) is 0.381. The van der Waals surface area contributed by atoms with E-state index in [0.717, 1.165) is 24.9 Å². The van der Waals surface area contributed by atoms with Crippen LogP contribution in [-0.4, -0.2) is 34.8 Å². The van der Waals surface area contributed by atoms with Gasteiger partial charge in [-0.3, -0.25) is 4.79 Å². The molecular weight excluding hydrogens is 356 g/mol. The summed E-state index contributed by atoms with van der Waals surface area (Å²) in [5.74, 6) is 2.75. The summed E-state index contributed by atoms with van der Waals surface area (Å²) in [5, 5.41) is 3.97. The molecule has 3 aromatic rings. The molecule has 0 saturated heterocycles. The summed E-state index contributed by atoms with van der Waals surface area (Å²) in [6.45, 7) is 5.84. The Labute approximate surface area is 164 Å². The maximum absolute atomic E-state index is 12.1. The molecule has 7 heteroatoms. The molecule has 0 unspecified atom stereocenters. The van der Waals surface area contributed by atoms with E-state index in [1.54, 1.807) is 37.7 Å². The number of nitrogens with zero attached hydrogens (tertiary/aromatic N) is 3. The monoisotopic (exact) mass is 382 g/mol. The summed E-state index contributed by atoms with van der Waals surface area (Å²) in [7, 11) is 1.61. The predicted octanol–water partition coefficient (Wildman–Crippen LogP) is 3.40. The number of hydrogen-bond acceptors (Lipinski definition) is 6. The highest BCUT2D eigenvalue weighted by molar-refractivity contribution is 5.80. The number of aromatic nitrogens is 3. The Morgan fingerprint density at radius 1 is 1.25 bits per heavy atom. The Hall–Kier alpha value is -3.09. The number of rotatable bonds is 9. The highest BCUT2D eigenvalue weighted by Gasteiger charge is 2.08. The average molecular weight is 382 g/mol. The van der Waals surface area contributed by atoms with Gasteiger partial charge in [-0.1, -0.05) is 13.3 Å². The summed E-state index contributed by atoms with van der Waals surface area (Å²) in [4.78, 5) is 20.8. The second-order valence-electron chi connectivity index (χ2n) is 6.52. The number of aryl methyl sites for hydroxylation is 1.